The van der Waals surface area contributed by atoms with E-state index in [1.165, 1.54) is 0 Å². The molecule has 8 nitrogen and oxygen atoms in total. The maximum Gasteiger partial charge on any atom is 0.345 e. The quantitative estimate of drug-likeness (QED) is 0.458. The highest BCUT2D eigenvalue weighted by molar-refractivity contribution is 5.97. The number of esters is 1. The van der Waals surface area contributed by atoms with E-state index in [2.05, 4.69) is 0 Å². The molecule has 0 fully saturated rings. The van der Waals surface area contributed by atoms with Gasteiger partial charge in [-0.3, -0.25) is 0 Å². The fraction of sp³-hybridized carbons (Fsp3) is 0.320. The Morgan fingerprint density at radius 1 is 1.12 bits per heavy atom. The Labute approximate surface area is 192 Å². The number of benzene rings is 2. The molecule has 2 heterocycles. The highest BCUT2D eigenvalue weighted by atomic mass is 17.2. The molecule has 0 aromatic heterocycles. The van der Waals surface area contributed by atoms with Gasteiger partial charge >= 0.3 is 5.97 Å². The summed E-state index contributed by atoms with van der Waals surface area (Å²) < 4.78 is 16.6. The highest BCUT2D eigenvalue weighted by Gasteiger charge is 2.49. The van der Waals surface area contributed by atoms with Crippen molar-refractivity contribution in [2.24, 2.45) is 0 Å². The van der Waals surface area contributed by atoms with Crippen molar-refractivity contribution in [3.63, 3.8) is 0 Å². The number of rotatable bonds is 9. The van der Waals surface area contributed by atoms with Gasteiger partial charge in [-0.15, -0.1) is 0 Å². The van der Waals surface area contributed by atoms with Crippen LogP contribution in [0.4, 0.5) is 0 Å². The van der Waals surface area contributed by atoms with E-state index in [0.717, 1.165) is 12.1 Å². The number of hydrogen-bond donors (Lipinski definition) is 1. The van der Waals surface area contributed by atoms with Gasteiger partial charge in [0.1, 0.15) is 30.3 Å². The molecule has 0 saturated carbocycles. The first-order chi connectivity index (χ1) is 15.9. The van der Waals surface area contributed by atoms with Crippen LogP contribution in [0.3, 0.4) is 0 Å². The molecule has 2 aliphatic rings. The zero-order valence-corrected chi connectivity index (χ0v) is 18.9. The first kappa shape index (κ1) is 22.8. The molecule has 0 radical (unpaired) electrons. The van der Waals surface area contributed by atoms with Gasteiger partial charge in [0.25, 0.3) is 5.79 Å². The average molecular weight is 453 g/mol. The van der Waals surface area contributed by atoms with Crippen LogP contribution in [0.25, 0.3) is 0 Å². The number of likely N-dealkylation sites (N-methyl/N-ethyl adjacent to an activating group) is 1. The standard InChI is InChI=1S/C25H27NO7/c1-26(2)12-14-30-20-6-4-5-17(15-20)16-21-23(22-11-13-31-33-22)24(27)32-25(21,28)18-7-9-19(29-3)10-8-18/h4-11,15,28H,12-14,16H2,1-3H3. The third-order valence-electron chi connectivity index (χ3n) is 5.46. The number of carbonyl (C=O) groups excluding carboxylic acids is 1. The van der Waals surface area contributed by atoms with Crippen LogP contribution < -0.4 is 9.47 Å². The van der Waals surface area contributed by atoms with Gasteiger partial charge in [0.15, 0.2) is 5.76 Å². The Balaban J connectivity index is 1.69. The molecule has 0 bridgehead atoms. The predicted molar refractivity (Wildman–Crippen MR) is 119 cm³/mol. The lowest BCUT2D eigenvalue weighted by molar-refractivity contribution is -0.231. The highest BCUT2D eigenvalue weighted by Crippen LogP contribution is 2.44. The molecule has 4 rings (SSSR count). The molecule has 0 amide bonds. The van der Waals surface area contributed by atoms with E-state index < -0.39 is 11.8 Å². The summed E-state index contributed by atoms with van der Waals surface area (Å²) in [6.45, 7) is 1.53. The maximum absolute atomic E-state index is 12.9. The fourth-order valence-electron chi connectivity index (χ4n) is 3.73. The minimum Gasteiger partial charge on any atom is -0.497 e. The van der Waals surface area contributed by atoms with Crippen molar-refractivity contribution >= 4 is 5.97 Å². The smallest absolute Gasteiger partial charge is 0.345 e. The van der Waals surface area contributed by atoms with Crippen molar-refractivity contribution in [1.82, 2.24) is 4.90 Å². The topological polar surface area (TPSA) is 86.7 Å². The van der Waals surface area contributed by atoms with E-state index in [9.17, 15) is 9.90 Å². The summed E-state index contributed by atoms with van der Waals surface area (Å²) in [7, 11) is 5.52. The van der Waals surface area contributed by atoms with E-state index in [1.807, 2.05) is 43.3 Å². The van der Waals surface area contributed by atoms with Gasteiger partial charge in [0.05, 0.1) is 7.11 Å². The van der Waals surface area contributed by atoms with E-state index in [1.54, 1.807) is 37.5 Å². The van der Waals surface area contributed by atoms with Crippen LogP contribution in [0.2, 0.25) is 0 Å². The SMILES string of the molecule is COc1ccc(C2(O)OC(=O)C(C3=CCOO3)=C2Cc2cccc(OCCN(C)C)c2)cc1. The van der Waals surface area contributed by atoms with E-state index >= 15 is 0 Å². The van der Waals surface area contributed by atoms with Gasteiger partial charge in [-0.1, -0.05) is 12.1 Å². The van der Waals surface area contributed by atoms with E-state index in [4.69, 9.17) is 24.0 Å². The van der Waals surface area contributed by atoms with Gasteiger partial charge in [0.2, 0.25) is 0 Å². The van der Waals surface area contributed by atoms with Gasteiger partial charge in [-0.25, -0.2) is 4.79 Å². The van der Waals surface area contributed by atoms with Crippen molar-refractivity contribution in [3.8, 4) is 11.5 Å². The summed E-state index contributed by atoms with van der Waals surface area (Å²) in [6, 6.07) is 14.3. The average Bonchev–Trinajstić information content (AvgIpc) is 3.41. The normalized spacial score (nSPS) is 20.0. The lowest BCUT2D eigenvalue weighted by Gasteiger charge is -2.26. The van der Waals surface area contributed by atoms with Crippen LogP contribution in [0, 0.1) is 0 Å². The number of nitrogens with zero attached hydrogens (tertiary/aromatic N) is 1. The predicted octanol–water partition coefficient (Wildman–Crippen LogP) is 2.72. The zero-order chi connectivity index (χ0) is 23.4. The molecule has 174 valence electrons. The summed E-state index contributed by atoms with van der Waals surface area (Å²) in [6.07, 6.45) is 1.87. The summed E-state index contributed by atoms with van der Waals surface area (Å²) >= 11 is 0. The number of aliphatic hydroxyl groups is 1. The van der Waals surface area contributed by atoms with Crippen molar-refractivity contribution in [3.05, 3.63) is 82.6 Å². The van der Waals surface area contributed by atoms with Crippen molar-refractivity contribution in [2.45, 2.75) is 12.2 Å². The Kier molecular flexibility index (Phi) is 6.69. The van der Waals surface area contributed by atoms with Crippen LogP contribution in [-0.4, -0.2) is 56.9 Å². The minimum absolute atomic E-state index is 0.157. The van der Waals surface area contributed by atoms with Crippen LogP contribution >= 0.6 is 0 Å². The summed E-state index contributed by atoms with van der Waals surface area (Å²) in [5.74, 6) is -1.09. The molecule has 2 aromatic rings. The lowest BCUT2D eigenvalue weighted by atomic mass is 9.89. The van der Waals surface area contributed by atoms with Crippen molar-refractivity contribution in [2.75, 3.05) is 41.0 Å². The molecule has 2 aliphatic heterocycles. The first-order valence-electron chi connectivity index (χ1n) is 10.6. The number of ether oxygens (including phenoxy) is 3. The Morgan fingerprint density at radius 3 is 2.58 bits per heavy atom. The number of carbonyl (C=O) groups is 1. The molecule has 1 unspecified atom stereocenters. The van der Waals surface area contributed by atoms with Crippen LogP contribution in [0.5, 0.6) is 11.5 Å². The molecule has 0 spiro atoms. The number of methoxy groups -OCH3 is 1. The third kappa shape index (κ3) is 4.88. The third-order valence-corrected chi connectivity index (χ3v) is 5.46. The second-order valence-corrected chi connectivity index (χ2v) is 8.03. The molecule has 1 atom stereocenters. The van der Waals surface area contributed by atoms with Crippen molar-refractivity contribution < 1.29 is 33.9 Å². The minimum atomic E-state index is -1.97. The van der Waals surface area contributed by atoms with Gasteiger partial charge in [0, 0.05) is 24.1 Å². The van der Waals surface area contributed by atoms with Crippen LogP contribution in [0.1, 0.15) is 11.1 Å². The number of cyclic esters (lactones) is 1. The first-order valence-corrected chi connectivity index (χ1v) is 10.6. The van der Waals surface area contributed by atoms with Crippen LogP contribution in [-0.2, 0) is 31.5 Å². The maximum atomic E-state index is 12.9. The van der Waals surface area contributed by atoms with Crippen LogP contribution in [0.15, 0.2) is 71.5 Å². The number of hydrogen-bond acceptors (Lipinski definition) is 8. The second-order valence-electron chi connectivity index (χ2n) is 8.03. The summed E-state index contributed by atoms with van der Waals surface area (Å²) in [5.41, 5.74) is 1.76. The van der Waals surface area contributed by atoms with Gasteiger partial charge < -0.3 is 29.1 Å². The molecule has 33 heavy (non-hydrogen) atoms. The monoisotopic (exact) mass is 453 g/mol. The molecular weight excluding hydrogens is 426 g/mol. The largest absolute Gasteiger partial charge is 0.497 e. The fourth-order valence-corrected chi connectivity index (χ4v) is 3.73. The zero-order valence-electron chi connectivity index (χ0n) is 18.9. The molecule has 8 heteroatoms. The molecular formula is C25H27NO7. The van der Waals surface area contributed by atoms with Crippen molar-refractivity contribution in [1.29, 1.82) is 0 Å². The lowest BCUT2D eigenvalue weighted by Crippen LogP contribution is -2.29. The molecule has 1 N–H and O–H groups in total. The van der Waals surface area contributed by atoms with E-state index in [-0.39, 0.29) is 24.4 Å². The molecule has 2 aromatic carbocycles. The molecule has 0 saturated heterocycles. The Morgan fingerprint density at radius 2 is 1.91 bits per heavy atom. The van der Waals surface area contributed by atoms with Gasteiger partial charge in [-0.2, -0.15) is 4.89 Å². The van der Waals surface area contributed by atoms with E-state index in [0.29, 0.717) is 29.2 Å². The summed E-state index contributed by atoms with van der Waals surface area (Å²) in [4.78, 5) is 25.0. The Bertz CT molecular complexity index is 1070. The Hall–Kier alpha value is -3.33. The summed E-state index contributed by atoms with van der Waals surface area (Å²) in [5, 5.41) is 11.6. The molecule has 0 aliphatic carbocycles. The second kappa shape index (κ2) is 9.66. The van der Waals surface area contributed by atoms with Gasteiger partial charge in [-0.05, 0) is 62.1 Å².